The molecule has 1 atom stereocenters. The Labute approximate surface area is 133 Å². The molecule has 0 N–H and O–H groups in total. The molecule has 1 aliphatic rings. The Kier molecular flexibility index (Phi) is 3.56. The second-order valence-electron chi connectivity index (χ2n) is 5.69. The average molecular weight is 313 g/mol. The number of nitrogens with zero attached hydrogens (tertiary/aromatic N) is 5. The number of fused-ring (bicyclic) bond motifs is 1. The van der Waals surface area contributed by atoms with Crippen LogP contribution >= 0.6 is 11.3 Å². The topological polar surface area (TPSA) is 38.9 Å². The summed E-state index contributed by atoms with van der Waals surface area (Å²) in [5, 5.41) is 6.44. The van der Waals surface area contributed by atoms with Gasteiger partial charge in [0.15, 0.2) is 0 Å². The van der Waals surface area contributed by atoms with Gasteiger partial charge in [0.1, 0.15) is 5.82 Å². The summed E-state index contributed by atoms with van der Waals surface area (Å²) in [5.41, 5.74) is 1.24. The van der Waals surface area contributed by atoms with Crippen LogP contribution in [0.3, 0.4) is 0 Å². The Balaban J connectivity index is 1.54. The molecule has 1 aliphatic heterocycles. The highest BCUT2D eigenvalue weighted by Crippen LogP contribution is 2.27. The molecular weight excluding hydrogens is 294 g/mol. The van der Waals surface area contributed by atoms with Crippen molar-refractivity contribution in [3.05, 3.63) is 58.6 Å². The van der Waals surface area contributed by atoms with Gasteiger partial charge in [-0.3, -0.25) is 9.58 Å². The van der Waals surface area contributed by atoms with Gasteiger partial charge in [-0.05, 0) is 24.4 Å². The van der Waals surface area contributed by atoms with Crippen LogP contribution in [0, 0.1) is 0 Å². The first-order valence-corrected chi connectivity index (χ1v) is 8.47. The average Bonchev–Trinajstić information content (AvgIpc) is 3.25. The van der Waals surface area contributed by atoms with Crippen LogP contribution < -0.4 is 0 Å². The van der Waals surface area contributed by atoms with Gasteiger partial charge in [0.25, 0.3) is 0 Å². The van der Waals surface area contributed by atoms with Crippen LogP contribution in [0.25, 0.3) is 0 Å². The van der Waals surface area contributed by atoms with Crippen LogP contribution in [0.2, 0.25) is 0 Å². The lowest BCUT2D eigenvalue weighted by Gasteiger charge is -2.34. The molecule has 0 aliphatic carbocycles. The third-order valence-corrected chi connectivity index (χ3v) is 5.18. The summed E-state index contributed by atoms with van der Waals surface area (Å²) in [6, 6.07) is 6.64. The Morgan fingerprint density at radius 1 is 1.27 bits per heavy atom. The van der Waals surface area contributed by atoms with Gasteiger partial charge >= 0.3 is 0 Å². The number of thiophene rings is 1. The van der Waals surface area contributed by atoms with Crippen molar-refractivity contribution in [2.45, 2.75) is 32.6 Å². The van der Waals surface area contributed by atoms with E-state index in [0.29, 0.717) is 6.04 Å². The van der Waals surface area contributed by atoms with Gasteiger partial charge in [0.2, 0.25) is 0 Å². The molecule has 0 bridgehead atoms. The van der Waals surface area contributed by atoms with Gasteiger partial charge in [-0.1, -0.05) is 6.07 Å². The SMILES string of the molecule is C[C@H]1c2ncc(Cn3cccn3)n2CCN1Cc1cccs1. The highest BCUT2D eigenvalue weighted by Gasteiger charge is 2.27. The summed E-state index contributed by atoms with van der Waals surface area (Å²) in [7, 11) is 0. The minimum absolute atomic E-state index is 0.349. The fraction of sp³-hybridized carbons (Fsp3) is 0.375. The molecule has 0 amide bonds. The zero-order valence-corrected chi connectivity index (χ0v) is 13.4. The quantitative estimate of drug-likeness (QED) is 0.743. The Morgan fingerprint density at radius 2 is 2.23 bits per heavy atom. The van der Waals surface area contributed by atoms with Gasteiger partial charge in [-0.15, -0.1) is 11.3 Å². The fourth-order valence-corrected chi connectivity index (χ4v) is 3.84. The van der Waals surface area contributed by atoms with E-state index in [2.05, 4.69) is 44.0 Å². The lowest BCUT2D eigenvalue weighted by atomic mass is 10.2. The van der Waals surface area contributed by atoms with Crippen molar-refractivity contribution >= 4 is 11.3 Å². The van der Waals surface area contributed by atoms with Crippen molar-refractivity contribution in [1.29, 1.82) is 0 Å². The largest absolute Gasteiger partial charge is 0.328 e. The lowest BCUT2D eigenvalue weighted by molar-refractivity contribution is 0.156. The van der Waals surface area contributed by atoms with Crippen LogP contribution in [-0.2, 0) is 19.6 Å². The van der Waals surface area contributed by atoms with E-state index in [0.717, 1.165) is 26.2 Å². The molecule has 0 radical (unpaired) electrons. The molecule has 3 aromatic rings. The molecule has 5 nitrogen and oxygen atoms in total. The Morgan fingerprint density at radius 3 is 3.00 bits per heavy atom. The first kappa shape index (κ1) is 13.7. The second kappa shape index (κ2) is 5.70. The first-order chi connectivity index (χ1) is 10.8. The highest BCUT2D eigenvalue weighted by atomic mass is 32.1. The minimum Gasteiger partial charge on any atom is -0.328 e. The molecule has 6 heteroatoms. The zero-order chi connectivity index (χ0) is 14.9. The fourth-order valence-electron chi connectivity index (χ4n) is 3.11. The first-order valence-electron chi connectivity index (χ1n) is 7.59. The molecule has 0 spiro atoms. The van der Waals surface area contributed by atoms with Crippen LogP contribution in [0.5, 0.6) is 0 Å². The van der Waals surface area contributed by atoms with E-state index in [1.807, 2.05) is 40.7 Å². The van der Waals surface area contributed by atoms with E-state index in [1.165, 1.54) is 16.4 Å². The van der Waals surface area contributed by atoms with Crippen LogP contribution in [-0.4, -0.2) is 30.8 Å². The van der Waals surface area contributed by atoms with Crippen molar-refractivity contribution < 1.29 is 0 Å². The van der Waals surface area contributed by atoms with E-state index < -0.39 is 0 Å². The molecule has 0 saturated carbocycles. The minimum atomic E-state index is 0.349. The molecule has 0 aromatic carbocycles. The summed E-state index contributed by atoms with van der Waals surface area (Å²) in [5.74, 6) is 1.17. The maximum Gasteiger partial charge on any atom is 0.126 e. The Bertz CT molecular complexity index is 729. The number of imidazole rings is 1. The molecule has 114 valence electrons. The zero-order valence-electron chi connectivity index (χ0n) is 12.6. The third-order valence-electron chi connectivity index (χ3n) is 4.32. The maximum absolute atomic E-state index is 4.68. The van der Waals surface area contributed by atoms with Crippen molar-refractivity contribution in [2.24, 2.45) is 0 Å². The summed E-state index contributed by atoms with van der Waals surface area (Å²) in [4.78, 5) is 8.61. The summed E-state index contributed by atoms with van der Waals surface area (Å²) in [6.07, 6.45) is 5.82. The second-order valence-corrected chi connectivity index (χ2v) is 6.72. The molecule has 0 fully saturated rings. The van der Waals surface area contributed by atoms with Crippen LogP contribution in [0.1, 0.15) is 29.4 Å². The summed E-state index contributed by atoms with van der Waals surface area (Å²) >= 11 is 1.83. The van der Waals surface area contributed by atoms with Crippen LogP contribution in [0.15, 0.2) is 42.2 Å². The number of hydrogen-bond acceptors (Lipinski definition) is 4. The van der Waals surface area contributed by atoms with Gasteiger partial charge in [-0.25, -0.2) is 4.98 Å². The molecule has 22 heavy (non-hydrogen) atoms. The lowest BCUT2D eigenvalue weighted by Crippen LogP contribution is -2.37. The van der Waals surface area contributed by atoms with Gasteiger partial charge in [-0.2, -0.15) is 5.10 Å². The Hall–Kier alpha value is -1.92. The van der Waals surface area contributed by atoms with Crippen molar-refractivity contribution in [3.8, 4) is 0 Å². The van der Waals surface area contributed by atoms with Crippen molar-refractivity contribution in [3.63, 3.8) is 0 Å². The van der Waals surface area contributed by atoms with E-state index in [1.54, 1.807) is 0 Å². The maximum atomic E-state index is 4.68. The molecule has 4 heterocycles. The van der Waals surface area contributed by atoms with Gasteiger partial charge in [0, 0.05) is 36.9 Å². The van der Waals surface area contributed by atoms with Crippen molar-refractivity contribution in [2.75, 3.05) is 6.54 Å². The summed E-state index contributed by atoms with van der Waals surface area (Å²) in [6.45, 7) is 6.12. The standard InChI is InChI=1S/C16H19N5S/c1-13-16-17-10-14(11-20-6-3-5-18-20)21(16)8-7-19(13)12-15-4-2-9-22-15/h2-6,9-10,13H,7-8,11-12H2,1H3/t13-/m0/s1. The molecule has 0 saturated heterocycles. The van der Waals surface area contributed by atoms with E-state index in [4.69, 9.17) is 0 Å². The molecule has 3 aromatic heterocycles. The predicted molar refractivity (Wildman–Crippen MR) is 86.7 cm³/mol. The molecule has 0 unspecified atom stereocenters. The third kappa shape index (κ3) is 2.48. The van der Waals surface area contributed by atoms with Crippen molar-refractivity contribution in [1.82, 2.24) is 24.2 Å². The summed E-state index contributed by atoms with van der Waals surface area (Å²) < 4.78 is 4.31. The molecule has 4 rings (SSSR count). The van der Waals surface area contributed by atoms with Gasteiger partial charge in [0.05, 0.1) is 24.5 Å². The van der Waals surface area contributed by atoms with E-state index in [-0.39, 0.29) is 0 Å². The normalized spacial score (nSPS) is 18.5. The monoisotopic (exact) mass is 313 g/mol. The number of rotatable bonds is 4. The predicted octanol–water partition coefficient (Wildman–Crippen LogP) is 2.77. The molecular formula is C16H19N5S. The number of aromatic nitrogens is 4. The van der Waals surface area contributed by atoms with Crippen LogP contribution in [0.4, 0.5) is 0 Å². The number of hydrogen-bond donors (Lipinski definition) is 0. The smallest absolute Gasteiger partial charge is 0.126 e. The van der Waals surface area contributed by atoms with E-state index >= 15 is 0 Å². The van der Waals surface area contributed by atoms with Gasteiger partial charge < -0.3 is 4.57 Å². The highest BCUT2D eigenvalue weighted by molar-refractivity contribution is 7.09. The van der Waals surface area contributed by atoms with E-state index in [9.17, 15) is 0 Å².